The average Bonchev–Trinajstić information content (AvgIpc) is 3.06. The second kappa shape index (κ2) is 9.71. The first kappa shape index (κ1) is 23.1. The molecule has 0 saturated carbocycles. The molecule has 0 saturated heterocycles. The van der Waals surface area contributed by atoms with Crippen molar-refractivity contribution < 1.29 is 13.3 Å². The van der Waals surface area contributed by atoms with Gasteiger partial charge in [0.15, 0.2) is 0 Å². The van der Waals surface area contributed by atoms with Crippen molar-refractivity contribution in [3.63, 3.8) is 0 Å². The summed E-state index contributed by atoms with van der Waals surface area (Å²) >= 11 is 0. The van der Waals surface area contributed by atoms with Crippen molar-refractivity contribution in [2.24, 2.45) is 10.1 Å². The first-order valence-electron chi connectivity index (χ1n) is 9.91. The molecule has 0 aliphatic rings. The molecule has 0 spiro atoms. The normalized spacial score (nSPS) is 11.8. The molecule has 168 valence electrons. The summed E-state index contributed by atoms with van der Waals surface area (Å²) in [4.78, 5) is 27.7. The Labute approximate surface area is 184 Å². The molecule has 0 fully saturated rings. The number of nitro benzene ring substituents is 1. The summed E-state index contributed by atoms with van der Waals surface area (Å²) in [6.07, 6.45) is 3.55. The third-order valence-electron chi connectivity index (χ3n) is 4.83. The van der Waals surface area contributed by atoms with E-state index >= 15 is 0 Å². The number of sulfonamides is 1. The lowest BCUT2D eigenvalue weighted by Crippen LogP contribution is -2.17. The molecule has 0 radical (unpaired) electrons. The molecule has 1 heterocycles. The molecule has 0 aliphatic carbocycles. The summed E-state index contributed by atoms with van der Waals surface area (Å²) in [6.45, 7) is 2.40. The zero-order valence-corrected chi connectivity index (χ0v) is 18.2. The zero-order chi connectivity index (χ0) is 23.3. The van der Waals surface area contributed by atoms with Crippen LogP contribution in [0.1, 0.15) is 30.2 Å². The van der Waals surface area contributed by atoms with Crippen molar-refractivity contribution >= 4 is 21.9 Å². The highest BCUT2D eigenvalue weighted by molar-refractivity contribution is 7.89. The number of H-pyrrole nitrogens is 1. The number of primary sulfonamides is 1. The summed E-state index contributed by atoms with van der Waals surface area (Å²) in [5.74, 6) is 0. The van der Waals surface area contributed by atoms with Gasteiger partial charge in [-0.25, -0.2) is 18.2 Å². The highest BCUT2D eigenvalue weighted by atomic mass is 32.2. The maximum atomic E-state index is 12.9. The van der Waals surface area contributed by atoms with Crippen LogP contribution < -0.4 is 10.7 Å². The second-order valence-corrected chi connectivity index (χ2v) is 8.70. The van der Waals surface area contributed by atoms with E-state index in [2.05, 4.69) is 10.1 Å². The molecule has 0 aliphatic heterocycles. The van der Waals surface area contributed by atoms with Crippen molar-refractivity contribution in [2.75, 3.05) is 6.54 Å². The average molecular weight is 458 g/mol. The molecule has 32 heavy (non-hydrogen) atoms. The summed E-state index contributed by atoms with van der Waals surface area (Å²) in [5.41, 5.74) is 2.21. The van der Waals surface area contributed by atoms with Crippen molar-refractivity contribution in [1.82, 2.24) is 9.78 Å². The molecular weight excluding hydrogens is 434 g/mol. The minimum Gasteiger partial charge on any atom is -0.294 e. The van der Waals surface area contributed by atoms with E-state index in [0.29, 0.717) is 30.6 Å². The number of non-ortho nitro benzene ring substituents is 1. The van der Waals surface area contributed by atoms with Crippen LogP contribution >= 0.6 is 0 Å². The van der Waals surface area contributed by atoms with Gasteiger partial charge in [-0.3, -0.25) is 25.0 Å². The monoisotopic (exact) mass is 457 g/mol. The molecule has 3 N–H and O–H groups in total. The number of nitro groups is 1. The Balaban J connectivity index is 1.77. The van der Waals surface area contributed by atoms with Crippen molar-refractivity contribution in [3.8, 4) is 5.69 Å². The maximum Gasteiger partial charge on any atom is 0.280 e. The minimum absolute atomic E-state index is 0.0491. The lowest BCUT2D eigenvalue weighted by Gasteiger charge is -2.01. The Kier molecular flexibility index (Phi) is 7.01. The smallest absolute Gasteiger partial charge is 0.280 e. The van der Waals surface area contributed by atoms with Gasteiger partial charge in [-0.2, -0.15) is 0 Å². The van der Waals surface area contributed by atoms with Gasteiger partial charge in [-0.15, -0.1) is 0 Å². The summed E-state index contributed by atoms with van der Waals surface area (Å²) in [7, 11) is -3.73. The molecule has 3 aromatic rings. The fourth-order valence-corrected chi connectivity index (χ4v) is 3.69. The fourth-order valence-electron chi connectivity index (χ4n) is 3.17. The minimum atomic E-state index is -3.73. The quantitative estimate of drug-likeness (QED) is 0.287. The molecule has 10 nitrogen and oxygen atoms in total. The Morgan fingerprint density at radius 2 is 1.78 bits per heavy atom. The SMILES string of the molecule is CCCc1[nH]n(-c2ccc([N+](=O)[O-])cc2)c(=O)c1C=NCCc1ccc(S(N)(=O)=O)cc1. The van der Waals surface area contributed by atoms with Gasteiger partial charge in [0.05, 0.1) is 21.1 Å². The zero-order valence-electron chi connectivity index (χ0n) is 17.4. The number of nitrogens with zero attached hydrogens (tertiary/aromatic N) is 3. The number of aromatic amines is 1. The lowest BCUT2D eigenvalue weighted by molar-refractivity contribution is -0.384. The first-order chi connectivity index (χ1) is 15.2. The van der Waals surface area contributed by atoms with Crippen molar-refractivity contribution in [3.05, 3.63) is 85.8 Å². The van der Waals surface area contributed by atoms with Crippen LogP contribution in [-0.2, 0) is 22.9 Å². The molecule has 11 heteroatoms. The van der Waals surface area contributed by atoms with Crippen molar-refractivity contribution in [2.45, 2.75) is 31.1 Å². The van der Waals surface area contributed by atoms with Crippen LogP contribution in [0, 0.1) is 10.1 Å². The molecule has 3 rings (SSSR count). The number of benzene rings is 2. The number of hydrogen-bond acceptors (Lipinski definition) is 6. The first-order valence-corrected chi connectivity index (χ1v) is 11.5. The third-order valence-corrected chi connectivity index (χ3v) is 5.76. The van der Waals surface area contributed by atoms with E-state index in [0.717, 1.165) is 17.7 Å². The number of hydrogen-bond donors (Lipinski definition) is 2. The number of aryl methyl sites for hydroxylation is 1. The van der Waals surface area contributed by atoms with E-state index < -0.39 is 14.9 Å². The van der Waals surface area contributed by atoms with E-state index in [1.807, 2.05) is 6.92 Å². The summed E-state index contributed by atoms with van der Waals surface area (Å²) in [6, 6.07) is 12.0. The highest BCUT2D eigenvalue weighted by Crippen LogP contribution is 2.15. The Hall–Kier alpha value is -3.57. The molecule has 0 amide bonds. The van der Waals surface area contributed by atoms with E-state index in [1.165, 1.54) is 47.3 Å². The number of aromatic nitrogens is 2. The Bertz CT molecular complexity index is 1290. The van der Waals surface area contributed by atoms with Crippen LogP contribution in [0.2, 0.25) is 0 Å². The maximum absolute atomic E-state index is 12.9. The predicted octanol–water partition coefficient (Wildman–Crippen LogP) is 2.34. The summed E-state index contributed by atoms with van der Waals surface area (Å²) < 4.78 is 24.0. The second-order valence-electron chi connectivity index (χ2n) is 7.14. The number of aliphatic imine (C=N–C) groups is 1. The highest BCUT2D eigenvalue weighted by Gasteiger charge is 2.14. The lowest BCUT2D eigenvalue weighted by atomic mass is 10.1. The van der Waals surface area contributed by atoms with Crippen LogP contribution in [0.25, 0.3) is 5.69 Å². The third kappa shape index (κ3) is 5.37. The van der Waals surface area contributed by atoms with E-state index in [1.54, 1.807) is 12.1 Å². The Morgan fingerprint density at radius 3 is 2.34 bits per heavy atom. The van der Waals surface area contributed by atoms with Crippen LogP contribution in [0.5, 0.6) is 0 Å². The van der Waals surface area contributed by atoms with Crippen LogP contribution in [0.4, 0.5) is 5.69 Å². The van der Waals surface area contributed by atoms with Crippen LogP contribution in [0.3, 0.4) is 0 Å². The van der Waals surface area contributed by atoms with E-state index in [9.17, 15) is 23.3 Å². The molecule has 0 bridgehead atoms. The standard InChI is InChI=1S/C21H23N5O5S/c1-2-3-20-19(14-23-13-12-15-4-10-18(11-5-15)32(22,30)31)21(27)25(24-20)16-6-8-17(9-7-16)26(28)29/h4-11,14,24H,2-3,12-13H2,1H3,(H2,22,30,31). The topological polar surface area (TPSA) is 153 Å². The number of nitrogens with two attached hydrogens (primary N) is 1. The van der Waals surface area contributed by atoms with Gasteiger partial charge in [0.1, 0.15) is 0 Å². The summed E-state index contributed by atoms with van der Waals surface area (Å²) in [5, 5.41) is 19.0. The van der Waals surface area contributed by atoms with E-state index in [4.69, 9.17) is 5.14 Å². The number of nitrogens with one attached hydrogen (secondary N) is 1. The molecule has 1 aromatic heterocycles. The largest absolute Gasteiger partial charge is 0.294 e. The Morgan fingerprint density at radius 1 is 1.12 bits per heavy atom. The van der Waals surface area contributed by atoms with E-state index in [-0.39, 0.29) is 16.1 Å². The predicted molar refractivity (Wildman–Crippen MR) is 121 cm³/mol. The van der Waals surface area contributed by atoms with Gasteiger partial charge >= 0.3 is 0 Å². The van der Waals surface area contributed by atoms with Crippen molar-refractivity contribution in [1.29, 1.82) is 0 Å². The number of rotatable bonds is 9. The van der Waals surface area contributed by atoms with Crippen LogP contribution in [-0.4, -0.2) is 35.9 Å². The molecular formula is C21H23N5O5S. The van der Waals surface area contributed by atoms with Gasteiger partial charge in [0.25, 0.3) is 11.2 Å². The molecule has 0 atom stereocenters. The molecule has 2 aromatic carbocycles. The van der Waals surface area contributed by atoms with Gasteiger partial charge in [0.2, 0.25) is 10.0 Å². The van der Waals surface area contributed by atoms with Gasteiger partial charge in [0, 0.05) is 30.6 Å². The van der Waals surface area contributed by atoms with Gasteiger partial charge in [-0.05, 0) is 42.7 Å². The van der Waals surface area contributed by atoms with Gasteiger partial charge < -0.3 is 0 Å². The van der Waals surface area contributed by atoms with Crippen LogP contribution in [0.15, 0.2) is 63.2 Å². The fraction of sp³-hybridized carbons (Fsp3) is 0.238. The molecule has 0 unspecified atom stereocenters. The van der Waals surface area contributed by atoms with Gasteiger partial charge in [-0.1, -0.05) is 25.5 Å².